The van der Waals surface area contributed by atoms with Crippen molar-refractivity contribution in [1.29, 1.82) is 0 Å². The van der Waals surface area contributed by atoms with Gasteiger partial charge in [0.2, 0.25) is 0 Å². The topological polar surface area (TPSA) is 51.8 Å². The molecule has 2 heterocycles. The quantitative estimate of drug-likeness (QED) is 0.848. The van der Waals surface area contributed by atoms with Crippen molar-refractivity contribution in [3.05, 3.63) is 21.0 Å². The molecule has 2 aromatic heterocycles. The number of aromatic nitrogens is 2. The summed E-state index contributed by atoms with van der Waals surface area (Å²) in [4.78, 5) is 10.5. The molecule has 1 atom stereocenters. The van der Waals surface area contributed by atoms with E-state index < -0.39 is 0 Å². The van der Waals surface area contributed by atoms with Gasteiger partial charge in [-0.3, -0.25) is 0 Å². The molecule has 0 saturated carbocycles. The van der Waals surface area contributed by atoms with E-state index in [4.69, 9.17) is 5.73 Å². The molecule has 5 heteroatoms. The molecule has 0 amide bonds. The molecule has 0 saturated heterocycles. The molecule has 84 valence electrons. The van der Waals surface area contributed by atoms with E-state index in [1.807, 2.05) is 6.92 Å². The molecule has 0 aromatic carbocycles. The third-order valence-electron chi connectivity index (χ3n) is 2.84. The van der Waals surface area contributed by atoms with E-state index in [0.29, 0.717) is 0 Å². The molecular formula is C11H13N3S2. The number of fused-ring (bicyclic) bond motifs is 1. The molecule has 3 rings (SSSR count). The van der Waals surface area contributed by atoms with Crippen molar-refractivity contribution in [2.75, 3.05) is 0 Å². The van der Waals surface area contributed by atoms with Gasteiger partial charge >= 0.3 is 0 Å². The number of nitrogens with zero attached hydrogens (tertiary/aromatic N) is 2. The van der Waals surface area contributed by atoms with E-state index in [2.05, 4.69) is 15.3 Å². The van der Waals surface area contributed by atoms with Crippen LogP contribution in [-0.4, -0.2) is 9.97 Å². The van der Waals surface area contributed by atoms with E-state index in [9.17, 15) is 0 Å². The Balaban J connectivity index is 2.04. The second-order valence-electron chi connectivity index (χ2n) is 4.08. The Morgan fingerprint density at radius 1 is 1.44 bits per heavy atom. The summed E-state index contributed by atoms with van der Waals surface area (Å²) in [5.74, 6) is 0. The highest BCUT2D eigenvalue weighted by Crippen LogP contribution is 2.36. The lowest BCUT2D eigenvalue weighted by Crippen LogP contribution is -2.16. The summed E-state index contributed by atoms with van der Waals surface area (Å²) in [6.45, 7) is 2.02. The van der Waals surface area contributed by atoms with Gasteiger partial charge in [0.25, 0.3) is 0 Å². The Morgan fingerprint density at radius 2 is 2.31 bits per heavy atom. The minimum absolute atomic E-state index is 0.133. The van der Waals surface area contributed by atoms with Gasteiger partial charge < -0.3 is 5.73 Å². The predicted octanol–water partition coefficient (Wildman–Crippen LogP) is 2.91. The van der Waals surface area contributed by atoms with Crippen LogP contribution in [0, 0.1) is 6.92 Å². The summed E-state index contributed by atoms with van der Waals surface area (Å²) >= 11 is 3.43. The van der Waals surface area contributed by atoms with Crippen LogP contribution in [0.5, 0.6) is 0 Å². The van der Waals surface area contributed by atoms with E-state index in [1.165, 1.54) is 11.3 Å². The average Bonchev–Trinajstić information content (AvgIpc) is 2.84. The van der Waals surface area contributed by atoms with Gasteiger partial charge in [-0.05, 0) is 26.2 Å². The molecule has 0 bridgehead atoms. The van der Waals surface area contributed by atoms with Crippen LogP contribution in [0.25, 0.3) is 10.7 Å². The van der Waals surface area contributed by atoms with Crippen molar-refractivity contribution >= 4 is 22.7 Å². The van der Waals surface area contributed by atoms with Crippen molar-refractivity contribution in [2.24, 2.45) is 5.73 Å². The normalized spacial score (nSPS) is 19.8. The first-order valence-electron chi connectivity index (χ1n) is 5.41. The molecule has 16 heavy (non-hydrogen) atoms. The second-order valence-corrected chi connectivity index (χ2v) is 6.22. The van der Waals surface area contributed by atoms with E-state index in [-0.39, 0.29) is 6.04 Å². The number of rotatable bonds is 1. The molecule has 3 nitrogen and oxygen atoms in total. The number of nitrogens with two attached hydrogens (primary N) is 1. The third-order valence-corrected chi connectivity index (χ3v) is 4.76. The first-order valence-corrected chi connectivity index (χ1v) is 7.11. The summed E-state index contributed by atoms with van der Waals surface area (Å²) < 4.78 is 0. The van der Waals surface area contributed by atoms with Crippen LogP contribution in [0.2, 0.25) is 0 Å². The van der Waals surface area contributed by atoms with Crippen molar-refractivity contribution in [3.8, 4) is 10.7 Å². The molecule has 0 fully saturated rings. The molecule has 2 aromatic rings. The Kier molecular flexibility index (Phi) is 2.53. The lowest BCUT2D eigenvalue weighted by atomic mass is 9.99. The molecule has 1 aliphatic rings. The summed E-state index contributed by atoms with van der Waals surface area (Å²) in [7, 11) is 0. The zero-order valence-corrected chi connectivity index (χ0v) is 10.7. The fraction of sp³-hybridized carbons (Fsp3) is 0.455. The Hall–Kier alpha value is -0.780. The summed E-state index contributed by atoms with van der Waals surface area (Å²) in [6.07, 6.45) is 3.38. The van der Waals surface area contributed by atoms with Crippen LogP contribution in [0.3, 0.4) is 0 Å². The molecule has 1 unspecified atom stereocenters. The van der Waals surface area contributed by atoms with Gasteiger partial charge in [0.1, 0.15) is 10.7 Å². The average molecular weight is 251 g/mol. The van der Waals surface area contributed by atoms with Crippen LogP contribution in [0.1, 0.15) is 34.5 Å². The van der Waals surface area contributed by atoms with Gasteiger partial charge in [-0.2, -0.15) is 0 Å². The van der Waals surface area contributed by atoms with Crippen LogP contribution in [0.15, 0.2) is 5.38 Å². The standard InChI is InChI=1S/C11H13N3S2/c1-6-13-8(5-15-6)11-14-10-7(12)3-2-4-9(10)16-11/h5,7H,2-4,12H2,1H3. The van der Waals surface area contributed by atoms with Crippen LogP contribution in [-0.2, 0) is 6.42 Å². The Labute approximate surface area is 102 Å². The molecular weight excluding hydrogens is 238 g/mol. The maximum absolute atomic E-state index is 6.07. The second kappa shape index (κ2) is 3.91. The van der Waals surface area contributed by atoms with Crippen LogP contribution in [0.4, 0.5) is 0 Å². The fourth-order valence-corrected chi connectivity index (χ4v) is 3.83. The van der Waals surface area contributed by atoms with Gasteiger partial charge in [0, 0.05) is 16.3 Å². The highest BCUT2D eigenvalue weighted by atomic mass is 32.1. The van der Waals surface area contributed by atoms with Crippen molar-refractivity contribution in [2.45, 2.75) is 32.2 Å². The van der Waals surface area contributed by atoms with Gasteiger partial charge in [0.05, 0.1) is 10.7 Å². The fourth-order valence-electron chi connectivity index (χ4n) is 2.02. The van der Waals surface area contributed by atoms with E-state index >= 15 is 0 Å². The Bertz CT molecular complexity index is 515. The van der Waals surface area contributed by atoms with Gasteiger partial charge in [-0.25, -0.2) is 9.97 Å². The van der Waals surface area contributed by atoms with Gasteiger partial charge in [-0.1, -0.05) is 0 Å². The number of aryl methyl sites for hydroxylation is 2. The summed E-state index contributed by atoms with van der Waals surface area (Å²) in [5, 5.41) is 4.20. The first kappa shape index (κ1) is 10.4. The molecule has 0 radical (unpaired) electrons. The van der Waals surface area contributed by atoms with Crippen molar-refractivity contribution < 1.29 is 0 Å². The van der Waals surface area contributed by atoms with Crippen LogP contribution < -0.4 is 5.73 Å². The monoisotopic (exact) mass is 251 g/mol. The van der Waals surface area contributed by atoms with Crippen molar-refractivity contribution in [3.63, 3.8) is 0 Å². The zero-order valence-electron chi connectivity index (χ0n) is 9.06. The Morgan fingerprint density at radius 3 is 3.00 bits per heavy atom. The van der Waals surface area contributed by atoms with Gasteiger partial charge in [0.15, 0.2) is 0 Å². The highest BCUT2D eigenvalue weighted by molar-refractivity contribution is 7.15. The number of hydrogen-bond acceptors (Lipinski definition) is 5. The molecule has 0 spiro atoms. The lowest BCUT2D eigenvalue weighted by Gasteiger charge is -2.15. The minimum Gasteiger partial charge on any atom is -0.323 e. The summed E-state index contributed by atoms with van der Waals surface area (Å²) in [5.41, 5.74) is 8.19. The minimum atomic E-state index is 0.133. The smallest absolute Gasteiger partial charge is 0.143 e. The first-order chi connectivity index (χ1) is 7.74. The largest absolute Gasteiger partial charge is 0.323 e. The van der Waals surface area contributed by atoms with Crippen molar-refractivity contribution in [1.82, 2.24) is 9.97 Å². The zero-order chi connectivity index (χ0) is 11.1. The highest BCUT2D eigenvalue weighted by Gasteiger charge is 2.22. The van der Waals surface area contributed by atoms with Gasteiger partial charge in [-0.15, -0.1) is 22.7 Å². The van der Waals surface area contributed by atoms with E-state index in [1.54, 1.807) is 22.7 Å². The molecule has 2 N–H and O–H groups in total. The maximum Gasteiger partial charge on any atom is 0.143 e. The molecule has 1 aliphatic carbocycles. The molecule has 0 aliphatic heterocycles. The third kappa shape index (κ3) is 1.69. The number of hydrogen-bond donors (Lipinski definition) is 1. The maximum atomic E-state index is 6.07. The van der Waals surface area contributed by atoms with E-state index in [0.717, 1.165) is 34.2 Å². The lowest BCUT2D eigenvalue weighted by molar-refractivity contribution is 0.564. The SMILES string of the molecule is Cc1nc(-c2nc3c(s2)CCCC3N)cs1. The summed E-state index contributed by atoms with van der Waals surface area (Å²) in [6, 6.07) is 0.133. The number of thiazole rings is 2. The van der Waals surface area contributed by atoms with Crippen LogP contribution >= 0.6 is 22.7 Å². The predicted molar refractivity (Wildman–Crippen MR) is 67.8 cm³/mol.